The normalized spacial score (nSPS) is 16.7. The molecule has 3 aromatic heterocycles. The Labute approximate surface area is 171 Å². The first-order chi connectivity index (χ1) is 13.7. The molecule has 0 fully saturated rings. The summed E-state index contributed by atoms with van der Waals surface area (Å²) >= 11 is 3.47. The van der Waals surface area contributed by atoms with Gasteiger partial charge in [0.25, 0.3) is 5.56 Å². The second kappa shape index (κ2) is 7.04. The van der Waals surface area contributed by atoms with Crippen molar-refractivity contribution in [3.63, 3.8) is 0 Å². The van der Waals surface area contributed by atoms with Gasteiger partial charge in [-0.05, 0) is 49.3 Å². The molecule has 0 radical (unpaired) electrons. The minimum atomic E-state index is 0.0272. The number of hydrogen-bond acceptors (Lipinski definition) is 5. The van der Waals surface area contributed by atoms with Gasteiger partial charge in [-0.15, -0.1) is 21.5 Å². The Kier molecular flexibility index (Phi) is 4.51. The zero-order chi connectivity index (χ0) is 19.3. The summed E-state index contributed by atoms with van der Waals surface area (Å²) in [4.78, 5) is 16.1. The molecule has 1 aliphatic rings. The fourth-order valence-electron chi connectivity index (χ4n) is 4.15. The maximum Gasteiger partial charge on any atom is 0.268 e. The molecule has 0 saturated heterocycles. The highest BCUT2D eigenvalue weighted by Gasteiger charge is 2.28. The Morgan fingerprint density at radius 1 is 1.25 bits per heavy atom. The van der Waals surface area contributed by atoms with Crippen LogP contribution >= 0.6 is 23.1 Å². The van der Waals surface area contributed by atoms with Gasteiger partial charge in [0.05, 0.1) is 11.1 Å². The lowest BCUT2D eigenvalue weighted by atomic mass is 9.88. The molecule has 0 unspecified atom stereocenters. The zero-order valence-corrected chi connectivity index (χ0v) is 17.6. The van der Waals surface area contributed by atoms with E-state index in [1.165, 1.54) is 16.9 Å². The molecule has 5 nitrogen and oxygen atoms in total. The summed E-state index contributed by atoms with van der Waals surface area (Å²) in [5, 5.41) is 10.6. The Morgan fingerprint density at radius 3 is 2.86 bits per heavy atom. The number of thiophene rings is 1. The first-order valence-electron chi connectivity index (χ1n) is 9.84. The predicted octanol–water partition coefficient (Wildman–Crippen LogP) is 5.04. The Balaban J connectivity index is 1.93. The monoisotopic (exact) mass is 410 g/mol. The van der Waals surface area contributed by atoms with Crippen molar-refractivity contribution in [1.82, 2.24) is 19.2 Å². The van der Waals surface area contributed by atoms with Gasteiger partial charge in [0.1, 0.15) is 4.83 Å². The van der Waals surface area contributed by atoms with Crippen LogP contribution in [0.4, 0.5) is 0 Å². The fourth-order valence-corrected chi connectivity index (χ4v) is 6.44. The van der Waals surface area contributed by atoms with E-state index in [-0.39, 0.29) is 5.56 Å². The van der Waals surface area contributed by atoms with Crippen molar-refractivity contribution >= 4 is 39.1 Å². The number of nitrogens with zero attached hydrogens (tertiary/aromatic N) is 4. The molecule has 0 N–H and O–H groups in total. The van der Waals surface area contributed by atoms with Gasteiger partial charge in [0.2, 0.25) is 5.78 Å². The van der Waals surface area contributed by atoms with E-state index in [2.05, 4.69) is 28.4 Å². The number of aromatic nitrogens is 4. The van der Waals surface area contributed by atoms with Gasteiger partial charge in [-0.3, -0.25) is 4.79 Å². The number of aryl methyl sites for hydroxylation is 1. The highest BCUT2D eigenvalue weighted by molar-refractivity contribution is 7.99. The molecular weight excluding hydrogens is 388 g/mol. The van der Waals surface area contributed by atoms with Crippen LogP contribution in [0.5, 0.6) is 0 Å². The molecule has 144 valence electrons. The molecule has 1 aliphatic carbocycles. The van der Waals surface area contributed by atoms with Crippen LogP contribution < -0.4 is 5.56 Å². The van der Waals surface area contributed by atoms with Gasteiger partial charge in [-0.1, -0.05) is 43.8 Å². The quantitative estimate of drug-likeness (QED) is 0.443. The van der Waals surface area contributed by atoms with Crippen LogP contribution in [0.2, 0.25) is 0 Å². The smallest absolute Gasteiger partial charge is 0.268 e. The van der Waals surface area contributed by atoms with Crippen molar-refractivity contribution in [3.05, 3.63) is 51.1 Å². The molecule has 1 atom stereocenters. The molecule has 1 aromatic carbocycles. The minimum absolute atomic E-state index is 0.0272. The van der Waals surface area contributed by atoms with Crippen molar-refractivity contribution in [2.45, 2.75) is 50.6 Å². The lowest BCUT2D eigenvalue weighted by Gasteiger charge is -2.18. The minimum Gasteiger partial charge on any atom is -0.268 e. The van der Waals surface area contributed by atoms with E-state index in [1.807, 2.05) is 30.3 Å². The molecule has 7 heteroatoms. The lowest BCUT2D eigenvalue weighted by molar-refractivity contribution is 0.601. The van der Waals surface area contributed by atoms with E-state index in [0.717, 1.165) is 46.1 Å². The average Bonchev–Trinajstić information content (AvgIpc) is 3.29. The van der Waals surface area contributed by atoms with Crippen LogP contribution in [0.1, 0.15) is 49.5 Å². The second-order valence-electron chi connectivity index (χ2n) is 7.35. The van der Waals surface area contributed by atoms with Crippen molar-refractivity contribution in [2.75, 3.05) is 5.75 Å². The summed E-state index contributed by atoms with van der Waals surface area (Å²) in [5.41, 5.74) is 2.12. The molecule has 28 heavy (non-hydrogen) atoms. The van der Waals surface area contributed by atoms with Gasteiger partial charge < -0.3 is 0 Å². The predicted molar refractivity (Wildman–Crippen MR) is 116 cm³/mol. The molecule has 0 bridgehead atoms. The van der Waals surface area contributed by atoms with Crippen molar-refractivity contribution in [1.29, 1.82) is 0 Å². The van der Waals surface area contributed by atoms with Crippen LogP contribution in [0.15, 0.2) is 40.3 Å². The van der Waals surface area contributed by atoms with E-state index in [1.54, 1.807) is 27.7 Å². The Morgan fingerprint density at radius 2 is 2.07 bits per heavy atom. The topological polar surface area (TPSA) is 52.2 Å². The fraction of sp³-hybridized carbons (Fsp3) is 0.381. The summed E-state index contributed by atoms with van der Waals surface area (Å²) in [5.74, 6) is 2.00. The third kappa shape index (κ3) is 2.63. The summed E-state index contributed by atoms with van der Waals surface area (Å²) in [6, 6.07) is 9.80. The van der Waals surface area contributed by atoms with Crippen LogP contribution in [0.25, 0.3) is 21.7 Å². The molecule has 5 rings (SSSR count). The molecular formula is C21H22N4OS2. The van der Waals surface area contributed by atoms with Crippen molar-refractivity contribution in [2.24, 2.45) is 0 Å². The van der Waals surface area contributed by atoms with Gasteiger partial charge in [0, 0.05) is 10.6 Å². The summed E-state index contributed by atoms with van der Waals surface area (Å²) in [6.07, 6.45) is 4.46. The first kappa shape index (κ1) is 17.9. The lowest BCUT2D eigenvalue weighted by Crippen LogP contribution is -2.22. The SMILES string of the molecule is CCCSc1nnc2n(-c3ccccc3)c(=O)c3c4c(sc3n12)CCC[C@H]4C. The highest BCUT2D eigenvalue weighted by Crippen LogP contribution is 2.41. The van der Waals surface area contributed by atoms with Crippen molar-refractivity contribution in [3.8, 4) is 5.69 Å². The number of rotatable bonds is 4. The van der Waals surface area contributed by atoms with Gasteiger partial charge in [0.15, 0.2) is 5.16 Å². The maximum atomic E-state index is 13.7. The van der Waals surface area contributed by atoms with Crippen LogP contribution in [-0.4, -0.2) is 24.9 Å². The number of para-hydroxylation sites is 1. The number of thioether (sulfide) groups is 1. The molecule has 0 amide bonds. The number of hydrogen-bond donors (Lipinski definition) is 0. The summed E-state index contributed by atoms with van der Waals surface area (Å²) in [7, 11) is 0. The third-order valence-electron chi connectivity index (χ3n) is 5.42. The van der Waals surface area contributed by atoms with Crippen LogP contribution in [0, 0.1) is 0 Å². The Bertz CT molecular complexity index is 1220. The molecule has 0 aliphatic heterocycles. The van der Waals surface area contributed by atoms with E-state index in [9.17, 15) is 4.79 Å². The van der Waals surface area contributed by atoms with Gasteiger partial charge in [-0.25, -0.2) is 8.97 Å². The van der Waals surface area contributed by atoms with E-state index in [4.69, 9.17) is 0 Å². The van der Waals surface area contributed by atoms with Gasteiger partial charge in [-0.2, -0.15) is 0 Å². The summed E-state index contributed by atoms with van der Waals surface area (Å²) in [6.45, 7) is 4.41. The molecule has 4 aromatic rings. The first-order valence-corrected chi connectivity index (χ1v) is 11.6. The zero-order valence-electron chi connectivity index (χ0n) is 16.0. The standard InChI is InChI=1S/C21H22N4OS2/c1-3-12-27-21-23-22-20-24(14-9-5-4-6-10-14)18(26)17-16-13(2)8-7-11-15(16)28-19(17)25(20)21/h4-6,9-10,13H,3,7-8,11-12H2,1-2H3/t13-/m1/s1. The third-order valence-corrected chi connectivity index (χ3v) is 7.81. The highest BCUT2D eigenvalue weighted by atomic mass is 32.2. The second-order valence-corrected chi connectivity index (χ2v) is 9.50. The van der Waals surface area contributed by atoms with E-state index < -0.39 is 0 Å². The van der Waals surface area contributed by atoms with E-state index in [0.29, 0.717) is 11.7 Å². The summed E-state index contributed by atoms with van der Waals surface area (Å²) < 4.78 is 3.85. The van der Waals surface area contributed by atoms with Gasteiger partial charge >= 0.3 is 0 Å². The molecule has 0 spiro atoms. The van der Waals surface area contributed by atoms with E-state index >= 15 is 0 Å². The Hall–Kier alpha value is -2.12. The molecule has 0 saturated carbocycles. The number of benzene rings is 1. The largest absolute Gasteiger partial charge is 0.268 e. The van der Waals surface area contributed by atoms with Crippen LogP contribution in [-0.2, 0) is 6.42 Å². The van der Waals surface area contributed by atoms with Crippen molar-refractivity contribution < 1.29 is 0 Å². The average molecular weight is 411 g/mol. The number of fused-ring (bicyclic) bond motifs is 5. The van der Waals surface area contributed by atoms with Crippen LogP contribution in [0.3, 0.4) is 0 Å². The maximum absolute atomic E-state index is 13.7. The molecule has 3 heterocycles.